The Kier molecular flexibility index (Phi) is 5.62. The van der Waals surface area contributed by atoms with Crippen molar-refractivity contribution >= 4 is 39.7 Å². The number of hydrogen-bond acceptors (Lipinski definition) is 6. The zero-order valence-corrected chi connectivity index (χ0v) is 20.5. The van der Waals surface area contributed by atoms with Gasteiger partial charge in [-0.2, -0.15) is 10.2 Å². The molecule has 0 bridgehead atoms. The van der Waals surface area contributed by atoms with Crippen LogP contribution in [0.3, 0.4) is 0 Å². The number of hydrazone groups is 2. The first-order valence-electron chi connectivity index (χ1n) is 11.2. The van der Waals surface area contributed by atoms with E-state index < -0.39 is 4.99 Å². The van der Waals surface area contributed by atoms with E-state index in [9.17, 15) is 4.79 Å². The van der Waals surface area contributed by atoms with Gasteiger partial charge in [-0.1, -0.05) is 48.0 Å². The smallest absolute Gasteiger partial charge is 0.227 e. The number of ketones is 1. The first-order valence-corrected chi connectivity index (χ1v) is 12.1. The number of carbonyl (C=O) groups excluding carboxylic acids is 1. The number of para-hydroxylation sites is 1. The summed E-state index contributed by atoms with van der Waals surface area (Å²) < 4.78 is 0. The molecule has 0 fully saturated rings. The number of carbonyl (C=O) groups is 1. The molecule has 0 aliphatic carbocycles. The van der Waals surface area contributed by atoms with E-state index in [4.69, 9.17) is 10.2 Å². The quantitative estimate of drug-likeness (QED) is 0.459. The van der Waals surface area contributed by atoms with Crippen LogP contribution >= 0.6 is 11.8 Å². The molecule has 170 valence electrons. The molecule has 0 N–H and O–H groups in total. The van der Waals surface area contributed by atoms with Gasteiger partial charge in [0.1, 0.15) is 0 Å². The van der Waals surface area contributed by atoms with Gasteiger partial charge in [-0.05, 0) is 86.1 Å². The molecule has 0 aromatic heterocycles. The topological polar surface area (TPSA) is 48.3 Å². The number of hydrogen-bond donors (Lipinski definition) is 0. The fraction of sp³-hybridized carbons (Fsp3) is 0.179. The summed E-state index contributed by atoms with van der Waals surface area (Å²) in [7, 11) is 0. The maximum Gasteiger partial charge on any atom is 0.227 e. The molecule has 0 radical (unpaired) electrons. The van der Waals surface area contributed by atoms with E-state index in [1.165, 1.54) is 17.3 Å². The van der Waals surface area contributed by atoms with Crippen molar-refractivity contribution in [3.63, 3.8) is 0 Å². The summed E-state index contributed by atoms with van der Waals surface area (Å²) in [4.78, 5) is 11.6. The Morgan fingerprint density at radius 1 is 0.824 bits per heavy atom. The normalized spacial score (nSPS) is 19.4. The minimum absolute atomic E-state index is 0.0646. The van der Waals surface area contributed by atoms with Gasteiger partial charge in [0.15, 0.2) is 10.8 Å². The van der Waals surface area contributed by atoms with Gasteiger partial charge in [-0.15, -0.1) is 0 Å². The van der Waals surface area contributed by atoms with Gasteiger partial charge in [-0.25, -0.2) is 10.0 Å². The van der Waals surface area contributed by atoms with Crippen molar-refractivity contribution < 1.29 is 4.79 Å². The molecule has 1 atom stereocenters. The molecule has 2 aliphatic heterocycles. The van der Waals surface area contributed by atoms with Crippen LogP contribution in [0.25, 0.3) is 0 Å². The highest BCUT2D eigenvalue weighted by atomic mass is 32.2. The molecule has 3 aromatic rings. The van der Waals surface area contributed by atoms with Crippen LogP contribution in [0.4, 0.5) is 11.4 Å². The van der Waals surface area contributed by atoms with E-state index >= 15 is 0 Å². The summed E-state index contributed by atoms with van der Waals surface area (Å²) in [6, 6.07) is 24.6. The van der Waals surface area contributed by atoms with Crippen molar-refractivity contribution in [2.45, 2.75) is 32.7 Å². The van der Waals surface area contributed by atoms with Crippen LogP contribution in [0.1, 0.15) is 29.2 Å². The van der Waals surface area contributed by atoms with Crippen molar-refractivity contribution in [3.8, 4) is 0 Å². The second-order valence-electron chi connectivity index (χ2n) is 8.66. The zero-order chi connectivity index (χ0) is 23.9. The van der Waals surface area contributed by atoms with Gasteiger partial charge >= 0.3 is 0 Å². The van der Waals surface area contributed by atoms with Crippen molar-refractivity contribution in [1.82, 2.24) is 0 Å². The van der Waals surface area contributed by atoms with Crippen LogP contribution < -0.4 is 10.0 Å². The molecule has 0 unspecified atom stereocenters. The molecule has 1 spiro atoms. The van der Waals surface area contributed by atoms with E-state index in [0.29, 0.717) is 5.04 Å². The van der Waals surface area contributed by atoms with Crippen molar-refractivity contribution in [2.75, 3.05) is 10.0 Å². The van der Waals surface area contributed by atoms with E-state index in [1.807, 2.05) is 52.5 Å². The van der Waals surface area contributed by atoms with Crippen molar-refractivity contribution in [2.24, 2.45) is 10.2 Å². The lowest BCUT2D eigenvalue weighted by atomic mass is 10.00. The fourth-order valence-electron chi connectivity index (χ4n) is 4.19. The van der Waals surface area contributed by atoms with E-state index in [2.05, 4.69) is 63.3 Å². The molecule has 3 aromatic carbocycles. The van der Waals surface area contributed by atoms with E-state index in [1.54, 1.807) is 6.92 Å². The average Bonchev–Trinajstić information content (AvgIpc) is 3.22. The third-order valence-electron chi connectivity index (χ3n) is 5.93. The van der Waals surface area contributed by atoms with Crippen LogP contribution in [0, 0.1) is 20.8 Å². The Morgan fingerprint density at radius 2 is 1.53 bits per heavy atom. The molecule has 0 saturated heterocycles. The van der Waals surface area contributed by atoms with Crippen LogP contribution in [-0.2, 0) is 4.79 Å². The standard InChI is InChI=1S/C28H26N4OS/c1-19-9-8-12-24(17-19)32-28(34-27(30-32)22(4)33)16-15-26(25-18-20(2)13-14-21(25)3)29-31(28)23-10-6-5-7-11-23/h5-18H,1-4H3/t28-/m0/s1. The number of thioether (sulfide) groups is 1. The Hall–Kier alpha value is -3.64. The van der Waals surface area contributed by atoms with Gasteiger partial charge in [0.05, 0.1) is 17.1 Å². The van der Waals surface area contributed by atoms with Crippen molar-refractivity contribution in [1.29, 1.82) is 0 Å². The number of aryl methyl sites for hydroxylation is 3. The third-order valence-corrected chi connectivity index (χ3v) is 7.27. The predicted molar refractivity (Wildman–Crippen MR) is 143 cm³/mol. The monoisotopic (exact) mass is 466 g/mol. The van der Waals surface area contributed by atoms with Gasteiger partial charge in [0.25, 0.3) is 0 Å². The minimum Gasteiger partial charge on any atom is -0.292 e. The minimum atomic E-state index is -0.850. The van der Waals surface area contributed by atoms with Crippen LogP contribution in [-0.4, -0.2) is 21.5 Å². The Morgan fingerprint density at radius 3 is 2.26 bits per heavy atom. The SMILES string of the molecule is CC(=O)C1=NN(c2cccc(C)c2)[C@@]2(C=CC(c3cc(C)ccc3C)=NN2c2ccccc2)S1. The largest absolute Gasteiger partial charge is 0.292 e. The molecule has 6 heteroatoms. The lowest BCUT2D eigenvalue weighted by Gasteiger charge is -2.43. The average molecular weight is 467 g/mol. The number of allylic oxidation sites excluding steroid dienone is 1. The van der Waals surface area contributed by atoms with Gasteiger partial charge < -0.3 is 0 Å². The lowest BCUT2D eigenvalue weighted by Crippen LogP contribution is -2.53. The maximum atomic E-state index is 12.5. The van der Waals surface area contributed by atoms with Crippen LogP contribution in [0.5, 0.6) is 0 Å². The summed E-state index contributed by atoms with van der Waals surface area (Å²) in [5.74, 6) is -0.0646. The number of benzene rings is 3. The summed E-state index contributed by atoms with van der Waals surface area (Å²) in [6.45, 7) is 7.80. The highest BCUT2D eigenvalue weighted by Crippen LogP contribution is 2.48. The van der Waals surface area contributed by atoms with Gasteiger partial charge in [-0.3, -0.25) is 4.79 Å². The number of nitrogens with zero attached hydrogens (tertiary/aromatic N) is 4. The van der Waals surface area contributed by atoms with Crippen molar-refractivity contribution in [3.05, 3.63) is 107 Å². The molecular formula is C28H26N4OS. The Labute approximate surface area is 204 Å². The first kappa shape index (κ1) is 22.2. The molecule has 0 saturated carbocycles. The van der Waals surface area contributed by atoms with Crippen LogP contribution in [0.15, 0.2) is 95.2 Å². The molecule has 0 amide bonds. The first-order chi connectivity index (χ1) is 16.4. The fourth-order valence-corrected chi connectivity index (χ4v) is 5.34. The lowest BCUT2D eigenvalue weighted by molar-refractivity contribution is -0.110. The van der Waals surface area contributed by atoms with E-state index in [-0.39, 0.29) is 5.78 Å². The summed E-state index contributed by atoms with van der Waals surface area (Å²) in [5, 5.41) is 14.3. The second-order valence-corrected chi connectivity index (χ2v) is 9.85. The molecule has 2 aliphatic rings. The van der Waals surface area contributed by atoms with Gasteiger partial charge in [0, 0.05) is 12.5 Å². The maximum absolute atomic E-state index is 12.5. The third kappa shape index (κ3) is 3.84. The predicted octanol–water partition coefficient (Wildman–Crippen LogP) is 6.20. The Balaban J connectivity index is 1.70. The number of Topliss-reactive ketones (excluding diaryl/α,β-unsaturated/α-hetero) is 1. The van der Waals surface area contributed by atoms with E-state index in [0.717, 1.165) is 33.8 Å². The second kappa shape index (κ2) is 8.61. The Bertz CT molecular complexity index is 1360. The molecule has 2 heterocycles. The number of rotatable bonds is 4. The molecule has 34 heavy (non-hydrogen) atoms. The highest BCUT2D eigenvalue weighted by molar-refractivity contribution is 8.17. The highest BCUT2D eigenvalue weighted by Gasteiger charge is 2.51. The zero-order valence-electron chi connectivity index (χ0n) is 19.7. The molecule has 5 nitrogen and oxygen atoms in total. The summed E-state index contributed by atoms with van der Waals surface area (Å²) in [5.41, 5.74) is 7.24. The number of anilines is 2. The summed E-state index contributed by atoms with van der Waals surface area (Å²) >= 11 is 1.42. The van der Waals surface area contributed by atoms with Crippen LogP contribution in [0.2, 0.25) is 0 Å². The van der Waals surface area contributed by atoms with Gasteiger partial charge in [0.2, 0.25) is 4.99 Å². The molecular weight excluding hydrogens is 440 g/mol. The molecule has 5 rings (SSSR count). The summed E-state index contributed by atoms with van der Waals surface area (Å²) in [6.07, 6.45) is 4.16.